The zero-order valence-corrected chi connectivity index (χ0v) is 13.1. The fourth-order valence-corrected chi connectivity index (χ4v) is 3.35. The molecule has 1 aromatic heterocycles. The van der Waals surface area contributed by atoms with Gasteiger partial charge in [-0.25, -0.2) is 9.97 Å². The van der Waals surface area contributed by atoms with Crippen molar-refractivity contribution < 1.29 is 0 Å². The van der Waals surface area contributed by atoms with Crippen molar-refractivity contribution in [2.75, 3.05) is 37.6 Å². The summed E-state index contributed by atoms with van der Waals surface area (Å²) in [5.74, 6) is 0.902. The summed E-state index contributed by atoms with van der Waals surface area (Å²) in [6.45, 7) is 8.68. The maximum atomic E-state index is 4.58. The first kappa shape index (κ1) is 14.7. The molecule has 1 aromatic rings. The Morgan fingerprint density at radius 2 is 2.05 bits per heavy atom. The molecule has 2 saturated heterocycles. The Labute approximate surface area is 127 Å². The van der Waals surface area contributed by atoms with E-state index in [9.17, 15) is 0 Å². The summed E-state index contributed by atoms with van der Waals surface area (Å²) in [6.07, 6.45) is 9.17. The summed E-state index contributed by atoms with van der Waals surface area (Å²) < 4.78 is 0. The van der Waals surface area contributed by atoms with E-state index in [4.69, 9.17) is 0 Å². The highest BCUT2D eigenvalue weighted by atomic mass is 15.3. The van der Waals surface area contributed by atoms with Crippen molar-refractivity contribution in [3.63, 3.8) is 0 Å². The van der Waals surface area contributed by atoms with Gasteiger partial charge in [0.25, 0.3) is 0 Å². The molecule has 0 bridgehead atoms. The van der Waals surface area contributed by atoms with E-state index >= 15 is 0 Å². The normalized spacial score (nSPS) is 23.1. The molecule has 5 nitrogen and oxygen atoms in total. The number of rotatable bonds is 5. The van der Waals surface area contributed by atoms with Gasteiger partial charge in [0.1, 0.15) is 0 Å². The SMILES string of the molecule is CCCNCc1cnc(N2CCN3CCCCC3C2)nc1. The summed E-state index contributed by atoms with van der Waals surface area (Å²) in [7, 11) is 0. The number of piperidine rings is 1. The Balaban J connectivity index is 1.56. The van der Waals surface area contributed by atoms with Crippen molar-refractivity contribution in [2.45, 2.75) is 45.2 Å². The lowest BCUT2D eigenvalue weighted by atomic mass is 10.00. The van der Waals surface area contributed by atoms with Crippen LogP contribution in [0.3, 0.4) is 0 Å². The third-order valence-corrected chi connectivity index (χ3v) is 4.57. The van der Waals surface area contributed by atoms with Gasteiger partial charge < -0.3 is 10.2 Å². The van der Waals surface area contributed by atoms with Gasteiger partial charge in [0.15, 0.2) is 0 Å². The van der Waals surface area contributed by atoms with Crippen molar-refractivity contribution in [1.29, 1.82) is 0 Å². The molecule has 0 spiro atoms. The van der Waals surface area contributed by atoms with Crippen LogP contribution < -0.4 is 10.2 Å². The lowest BCUT2D eigenvalue weighted by molar-refractivity contribution is 0.133. The number of aromatic nitrogens is 2. The van der Waals surface area contributed by atoms with E-state index in [0.717, 1.165) is 45.1 Å². The number of nitrogens with one attached hydrogen (secondary N) is 1. The first-order valence-electron chi connectivity index (χ1n) is 8.37. The highest BCUT2D eigenvalue weighted by molar-refractivity contribution is 5.31. The van der Waals surface area contributed by atoms with E-state index in [2.05, 4.69) is 32.0 Å². The van der Waals surface area contributed by atoms with Crippen LogP contribution in [-0.2, 0) is 6.54 Å². The predicted octanol–water partition coefficient (Wildman–Crippen LogP) is 1.65. The average molecular weight is 289 g/mol. The fourth-order valence-electron chi connectivity index (χ4n) is 3.35. The standard InChI is InChI=1S/C16H27N5/c1-2-6-17-10-14-11-18-16(19-12-14)21-9-8-20-7-4-3-5-15(20)13-21/h11-12,15,17H,2-10,13H2,1H3. The molecule has 0 aliphatic carbocycles. The van der Waals surface area contributed by atoms with Gasteiger partial charge in [-0.05, 0) is 32.4 Å². The maximum Gasteiger partial charge on any atom is 0.225 e. The molecule has 1 unspecified atom stereocenters. The second kappa shape index (κ2) is 7.18. The third kappa shape index (κ3) is 3.71. The summed E-state index contributed by atoms with van der Waals surface area (Å²) in [5, 5.41) is 3.39. The van der Waals surface area contributed by atoms with Crippen LogP contribution in [0.2, 0.25) is 0 Å². The van der Waals surface area contributed by atoms with Crippen LogP contribution >= 0.6 is 0 Å². The second-order valence-electron chi connectivity index (χ2n) is 6.20. The molecule has 0 radical (unpaired) electrons. The topological polar surface area (TPSA) is 44.3 Å². The monoisotopic (exact) mass is 289 g/mol. The first-order valence-corrected chi connectivity index (χ1v) is 8.37. The van der Waals surface area contributed by atoms with E-state index in [1.54, 1.807) is 0 Å². The van der Waals surface area contributed by atoms with Crippen molar-refractivity contribution in [1.82, 2.24) is 20.2 Å². The molecule has 116 valence electrons. The molecule has 21 heavy (non-hydrogen) atoms. The van der Waals surface area contributed by atoms with Crippen LogP contribution in [0.1, 0.15) is 38.2 Å². The molecule has 2 fully saturated rings. The molecule has 3 rings (SSSR count). The van der Waals surface area contributed by atoms with Crippen molar-refractivity contribution >= 4 is 5.95 Å². The van der Waals surface area contributed by atoms with Crippen LogP contribution in [0.15, 0.2) is 12.4 Å². The number of hydrogen-bond donors (Lipinski definition) is 1. The van der Waals surface area contributed by atoms with Gasteiger partial charge in [0.2, 0.25) is 5.95 Å². The van der Waals surface area contributed by atoms with Gasteiger partial charge >= 0.3 is 0 Å². The quantitative estimate of drug-likeness (QED) is 0.835. The number of anilines is 1. The largest absolute Gasteiger partial charge is 0.338 e. The highest BCUT2D eigenvalue weighted by Crippen LogP contribution is 2.22. The van der Waals surface area contributed by atoms with Crippen molar-refractivity contribution in [3.05, 3.63) is 18.0 Å². The first-order chi connectivity index (χ1) is 10.4. The molecular formula is C16H27N5. The van der Waals surface area contributed by atoms with Crippen LogP contribution in [0.4, 0.5) is 5.95 Å². The van der Waals surface area contributed by atoms with Crippen molar-refractivity contribution in [3.8, 4) is 0 Å². The summed E-state index contributed by atoms with van der Waals surface area (Å²) in [5.41, 5.74) is 1.17. The second-order valence-corrected chi connectivity index (χ2v) is 6.20. The fraction of sp³-hybridized carbons (Fsp3) is 0.750. The van der Waals surface area contributed by atoms with Crippen molar-refractivity contribution in [2.24, 2.45) is 0 Å². The molecule has 3 heterocycles. The number of nitrogens with zero attached hydrogens (tertiary/aromatic N) is 4. The molecule has 1 N–H and O–H groups in total. The lowest BCUT2D eigenvalue weighted by Gasteiger charge is -2.44. The average Bonchev–Trinajstić information content (AvgIpc) is 2.55. The van der Waals surface area contributed by atoms with E-state index in [1.807, 2.05) is 12.4 Å². The van der Waals surface area contributed by atoms with Gasteiger partial charge in [-0.2, -0.15) is 0 Å². The molecule has 0 aromatic carbocycles. The molecular weight excluding hydrogens is 262 g/mol. The third-order valence-electron chi connectivity index (χ3n) is 4.57. The van der Waals surface area contributed by atoms with E-state index < -0.39 is 0 Å². The Bertz CT molecular complexity index is 433. The summed E-state index contributed by atoms with van der Waals surface area (Å²) in [6, 6.07) is 0.710. The van der Waals surface area contributed by atoms with Gasteiger partial charge in [-0.15, -0.1) is 0 Å². The summed E-state index contributed by atoms with van der Waals surface area (Å²) in [4.78, 5) is 14.1. The summed E-state index contributed by atoms with van der Waals surface area (Å²) >= 11 is 0. The number of fused-ring (bicyclic) bond motifs is 1. The molecule has 1 atom stereocenters. The number of hydrogen-bond acceptors (Lipinski definition) is 5. The van der Waals surface area contributed by atoms with Gasteiger partial charge in [-0.3, -0.25) is 4.90 Å². The lowest BCUT2D eigenvalue weighted by Crippen LogP contribution is -2.55. The Morgan fingerprint density at radius 3 is 2.86 bits per heavy atom. The predicted molar refractivity (Wildman–Crippen MR) is 85.5 cm³/mol. The molecule has 2 aliphatic heterocycles. The van der Waals surface area contributed by atoms with Crippen LogP contribution in [0.5, 0.6) is 0 Å². The van der Waals surface area contributed by atoms with E-state index in [1.165, 1.54) is 31.4 Å². The Kier molecular flexibility index (Phi) is 5.04. The maximum absolute atomic E-state index is 4.58. The van der Waals surface area contributed by atoms with Gasteiger partial charge in [0, 0.05) is 50.2 Å². The van der Waals surface area contributed by atoms with Crippen LogP contribution in [-0.4, -0.2) is 53.6 Å². The minimum Gasteiger partial charge on any atom is -0.338 e. The zero-order chi connectivity index (χ0) is 14.5. The molecule has 0 saturated carbocycles. The van der Waals surface area contributed by atoms with E-state index in [-0.39, 0.29) is 0 Å². The molecule has 5 heteroatoms. The van der Waals surface area contributed by atoms with Gasteiger partial charge in [0.05, 0.1) is 0 Å². The van der Waals surface area contributed by atoms with Gasteiger partial charge in [-0.1, -0.05) is 13.3 Å². The zero-order valence-electron chi connectivity index (χ0n) is 13.1. The Hall–Kier alpha value is -1.20. The molecule has 2 aliphatic rings. The highest BCUT2D eigenvalue weighted by Gasteiger charge is 2.29. The van der Waals surface area contributed by atoms with Crippen LogP contribution in [0, 0.1) is 0 Å². The number of piperazine rings is 1. The minimum absolute atomic E-state index is 0.710. The Morgan fingerprint density at radius 1 is 1.19 bits per heavy atom. The molecule has 0 amide bonds. The smallest absolute Gasteiger partial charge is 0.225 e. The van der Waals surface area contributed by atoms with Crippen LogP contribution in [0.25, 0.3) is 0 Å². The van der Waals surface area contributed by atoms with E-state index in [0.29, 0.717) is 6.04 Å². The minimum atomic E-state index is 0.710.